The van der Waals surface area contributed by atoms with Gasteiger partial charge < -0.3 is 9.84 Å². The van der Waals surface area contributed by atoms with E-state index in [0.717, 1.165) is 0 Å². The van der Waals surface area contributed by atoms with Crippen LogP contribution < -0.4 is 0 Å². The molecule has 0 aliphatic carbocycles. The van der Waals surface area contributed by atoms with Gasteiger partial charge in [-0.05, 0) is 0 Å². The lowest BCUT2D eigenvalue weighted by molar-refractivity contribution is -0.159. The minimum atomic E-state index is -0.935. The molecule has 2 atom stereocenters. The van der Waals surface area contributed by atoms with Crippen molar-refractivity contribution in [3.8, 4) is 0 Å². The van der Waals surface area contributed by atoms with Gasteiger partial charge in [0, 0.05) is 5.41 Å². The summed E-state index contributed by atoms with van der Waals surface area (Å²) < 4.78 is 4.61. The van der Waals surface area contributed by atoms with Crippen LogP contribution in [-0.2, 0) is 9.53 Å². The van der Waals surface area contributed by atoms with Gasteiger partial charge in [0.15, 0.2) is 0 Å². The number of hydrogen-bond donors (Lipinski definition) is 1. The van der Waals surface area contributed by atoms with E-state index in [1.807, 2.05) is 13.8 Å². The number of carbonyl (C=O) groups excluding carboxylic acids is 1. The first kappa shape index (κ1) is 7.54. The highest BCUT2D eigenvalue weighted by molar-refractivity contribution is 5.75. The third kappa shape index (κ3) is 0.814. The van der Waals surface area contributed by atoms with Crippen molar-refractivity contribution in [2.75, 3.05) is 0 Å². The number of esters is 1. The Labute approximate surface area is 60.0 Å². The number of cyclic esters (lactones) is 1. The normalized spacial score (nSPS) is 37.8. The van der Waals surface area contributed by atoms with Crippen LogP contribution in [0.5, 0.6) is 0 Å². The largest absolute Gasteiger partial charge is 0.435 e. The molecule has 0 aromatic carbocycles. The topological polar surface area (TPSA) is 46.5 Å². The molecule has 0 spiro atoms. The SMILES string of the molecule is CC1C(=O)OC(O)C1(C)C. The quantitative estimate of drug-likeness (QED) is 0.504. The summed E-state index contributed by atoms with van der Waals surface area (Å²) in [7, 11) is 0. The monoisotopic (exact) mass is 144 g/mol. The molecule has 0 amide bonds. The fourth-order valence-corrected chi connectivity index (χ4v) is 0.882. The number of carbonyl (C=O) groups is 1. The van der Waals surface area contributed by atoms with Crippen molar-refractivity contribution in [2.45, 2.75) is 27.1 Å². The van der Waals surface area contributed by atoms with E-state index < -0.39 is 11.7 Å². The van der Waals surface area contributed by atoms with Crippen molar-refractivity contribution >= 4 is 5.97 Å². The van der Waals surface area contributed by atoms with Crippen LogP contribution >= 0.6 is 0 Å². The van der Waals surface area contributed by atoms with Gasteiger partial charge in [-0.25, -0.2) is 0 Å². The van der Waals surface area contributed by atoms with Crippen LogP contribution in [0.3, 0.4) is 0 Å². The molecule has 3 nitrogen and oxygen atoms in total. The minimum Gasteiger partial charge on any atom is -0.435 e. The maximum Gasteiger partial charge on any atom is 0.311 e. The van der Waals surface area contributed by atoms with Crippen LogP contribution in [0.15, 0.2) is 0 Å². The molecule has 0 saturated carbocycles. The average molecular weight is 144 g/mol. The van der Waals surface area contributed by atoms with Crippen LogP contribution in [0.25, 0.3) is 0 Å². The van der Waals surface area contributed by atoms with E-state index in [1.54, 1.807) is 6.92 Å². The van der Waals surface area contributed by atoms with Gasteiger partial charge >= 0.3 is 5.97 Å². The number of aliphatic hydroxyl groups is 1. The Bertz CT molecular complexity index is 162. The zero-order valence-corrected chi connectivity index (χ0v) is 6.42. The van der Waals surface area contributed by atoms with Gasteiger partial charge in [-0.2, -0.15) is 0 Å². The van der Waals surface area contributed by atoms with Gasteiger partial charge in [0.1, 0.15) is 0 Å². The van der Waals surface area contributed by atoms with Gasteiger partial charge in [0.2, 0.25) is 6.29 Å². The molecule has 1 fully saturated rings. The zero-order chi connectivity index (χ0) is 7.94. The Morgan fingerprint density at radius 1 is 1.60 bits per heavy atom. The van der Waals surface area contributed by atoms with E-state index in [9.17, 15) is 4.79 Å². The lowest BCUT2D eigenvalue weighted by Gasteiger charge is -2.21. The first-order valence-corrected chi connectivity index (χ1v) is 3.35. The van der Waals surface area contributed by atoms with Gasteiger partial charge in [-0.15, -0.1) is 0 Å². The third-order valence-electron chi connectivity index (χ3n) is 2.33. The summed E-state index contributed by atoms with van der Waals surface area (Å²) in [5.74, 6) is -0.514. The molecule has 1 saturated heterocycles. The number of ether oxygens (including phenoxy) is 1. The van der Waals surface area contributed by atoms with Gasteiger partial charge in [0.25, 0.3) is 0 Å². The highest BCUT2D eigenvalue weighted by atomic mass is 16.6. The summed E-state index contributed by atoms with van der Waals surface area (Å²) in [4.78, 5) is 10.8. The number of hydrogen-bond acceptors (Lipinski definition) is 3. The summed E-state index contributed by atoms with van der Waals surface area (Å²) in [5, 5.41) is 9.15. The predicted octanol–water partition coefficient (Wildman–Crippen LogP) is 0.524. The van der Waals surface area contributed by atoms with Gasteiger partial charge in [-0.3, -0.25) is 4.79 Å². The fourth-order valence-electron chi connectivity index (χ4n) is 0.882. The van der Waals surface area contributed by atoms with Crippen molar-refractivity contribution in [3.63, 3.8) is 0 Å². The second-order valence-corrected chi connectivity index (χ2v) is 3.33. The molecule has 1 rings (SSSR count). The van der Waals surface area contributed by atoms with Gasteiger partial charge in [-0.1, -0.05) is 20.8 Å². The molecule has 1 heterocycles. The Balaban J connectivity index is 2.85. The molecule has 0 radical (unpaired) electrons. The van der Waals surface area contributed by atoms with Crippen LogP contribution in [0.1, 0.15) is 20.8 Å². The molecule has 10 heavy (non-hydrogen) atoms. The van der Waals surface area contributed by atoms with Crippen LogP contribution in [0.2, 0.25) is 0 Å². The molecule has 0 aromatic heterocycles. The summed E-state index contributed by atoms with van der Waals surface area (Å²) in [5.41, 5.74) is -0.433. The molecule has 1 aliphatic heterocycles. The molecule has 1 N–H and O–H groups in total. The summed E-state index contributed by atoms with van der Waals surface area (Å²) in [6.07, 6.45) is -0.935. The average Bonchev–Trinajstić information content (AvgIpc) is 1.97. The predicted molar refractivity (Wildman–Crippen MR) is 35.0 cm³/mol. The van der Waals surface area contributed by atoms with E-state index in [0.29, 0.717) is 0 Å². The molecule has 0 bridgehead atoms. The molecular formula is C7H12O3. The minimum absolute atomic E-state index is 0.206. The van der Waals surface area contributed by atoms with Crippen LogP contribution in [-0.4, -0.2) is 17.4 Å². The zero-order valence-electron chi connectivity index (χ0n) is 6.42. The smallest absolute Gasteiger partial charge is 0.311 e. The molecule has 58 valence electrons. The first-order valence-electron chi connectivity index (χ1n) is 3.35. The second kappa shape index (κ2) is 1.95. The highest BCUT2D eigenvalue weighted by Crippen LogP contribution is 2.38. The lowest BCUT2D eigenvalue weighted by Crippen LogP contribution is -2.28. The van der Waals surface area contributed by atoms with Crippen molar-refractivity contribution < 1.29 is 14.6 Å². The Hall–Kier alpha value is -0.570. The number of aliphatic hydroxyl groups excluding tert-OH is 1. The second-order valence-electron chi connectivity index (χ2n) is 3.33. The maximum atomic E-state index is 10.8. The van der Waals surface area contributed by atoms with E-state index in [2.05, 4.69) is 4.74 Å². The summed E-state index contributed by atoms with van der Waals surface area (Å²) in [6.45, 7) is 5.39. The molecule has 2 unspecified atom stereocenters. The Morgan fingerprint density at radius 2 is 2.10 bits per heavy atom. The highest BCUT2D eigenvalue weighted by Gasteiger charge is 2.47. The van der Waals surface area contributed by atoms with E-state index in [4.69, 9.17) is 5.11 Å². The van der Waals surface area contributed by atoms with E-state index in [-0.39, 0.29) is 11.9 Å². The van der Waals surface area contributed by atoms with Crippen LogP contribution in [0, 0.1) is 11.3 Å². The molecular weight excluding hydrogens is 132 g/mol. The van der Waals surface area contributed by atoms with E-state index in [1.165, 1.54) is 0 Å². The van der Waals surface area contributed by atoms with Crippen molar-refractivity contribution in [1.82, 2.24) is 0 Å². The van der Waals surface area contributed by atoms with Crippen LogP contribution in [0.4, 0.5) is 0 Å². The molecule has 1 aliphatic rings. The summed E-state index contributed by atoms with van der Waals surface area (Å²) in [6, 6.07) is 0. The molecule has 3 heteroatoms. The summed E-state index contributed by atoms with van der Waals surface area (Å²) >= 11 is 0. The fraction of sp³-hybridized carbons (Fsp3) is 0.857. The van der Waals surface area contributed by atoms with Crippen molar-refractivity contribution in [2.24, 2.45) is 11.3 Å². The lowest BCUT2D eigenvalue weighted by atomic mass is 9.82. The van der Waals surface area contributed by atoms with E-state index >= 15 is 0 Å². The van der Waals surface area contributed by atoms with Crippen molar-refractivity contribution in [1.29, 1.82) is 0 Å². The Kier molecular flexibility index (Phi) is 1.47. The number of rotatable bonds is 0. The Morgan fingerprint density at radius 3 is 2.20 bits per heavy atom. The third-order valence-corrected chi connectivity index (χ3v) is 2.33. The first-order chi connectivity index (χ1) is 4.46. The van der Waals surface area contributed by atoms with Crippen molar-refractivity contribution in [3.05, 3.63) is 0 Å². The van der Waals surface area contributed by atoms with Gasteiger partial charge in [0.05, 0.1) is 5.92 Å². The molecule has 0 aromatic rings. The standard InChI is InChI=1S/C7H12O3/c1-4-5(8)10-6(9)7(4,2)3/h4,6,9H,1-3H3. The maximum absolute atomic E-state index is 10.8.